The van der Waals surface area contributed by atoms with Gasteiger partial charge in [0.25, 0.3) is 0 Å². The van der Waals surface area contributed by atoms with Gasteiger partial charge in [-0.3, -0.25) is 5.41 Å². The summed E-state index contributed by atoms with van der Waals surface area (Å²) in [5.41, 5.74) is 0.169. The van der Waals surface area contributed by atoms with E-state index in [9.17, 15) is 0 Å². The van der Waals surface area contributed by atoms with Crippen molar-refractivity contribution in [2.24, 2.45) is 5.41 Å². The van der Waals surface area contributed by atoms with Gasteiger partial charge in [0.05, 0.1) is 6.61 Å². The summed E-state index contributed by atoms with van der Waals surface area (Å²) in [5, 5.41) is 6.95. The highest BCUT2D eigenvalue weighted by atomic mass is 16.5. The van der Waals surface area contributed by atoms with Crippen molar-refractivity contribution < 1.29 is 4.74 Å². The number of ether oxygens (including phenoxy) is 1. The van der Waals surface area contributed by atoms with Crippen LogP contribution in [0.2, 0.25) is 0 Å². The van der Waals surface area contributed by atoms with E-state index in [1.165, 1.54) is 0 Å². The van der Waals surface area contributed by atoms with E-state index in [4.69, 9.17) is 10.1 Å². The van der Waals surface area contributed by atoms with Gasteiger partial charge in [0.15, 0.2) is 5.90 Å². The summed E-state index contributed by atoms with van der Waals surface area (Å²) in [6, 6.07) is 0. The molecule has 0 aromatic rings. The number of rotatable bonds is 1. The van der Waals surface area contributed by atoms with Crippen molar-refractivity contribution in [2.45, 2.75) is 27.7 Å². The van der Waals surface area contributed by atoms with Crippen LogP contribution >= 0.6 is 0 Å². The minimum atomic E-state index is 0.169. The second-order valence-corrected chi connectivity index (χ2v) is 3.41. The van der Waals surface area contributed by atoms with Crippen LogP contribution in [0, 0.1) is 10.8 Å². The molecular formula is C7H15NO. The molecule has 0 saturated carbocycles. The largest absolute Gasteiger partial charge is 0.481 e. The molecule has 0 fully saturated rings. The molecule has 0 rings (SSSR count). The standard InChI is InChI=1S/C7H15NO/c1-6(8)9-5-7(2,3)4/h8H,5H2,1-4H3. The third-order valence-electron chi connectivity index (χ3n) is 0.722. The van der Waals surface area contributed by atoms with Gasteiger partial charge >= 0.3 is 0 Å². The van der Waals surface area contributed by atoms with Gasteiger partial charge in [-0.1, -0.05) is 20.8 Å². The van der Waals surface area contributed by atoms with Crippen LogP contribution in [0.4, 0.5) is 0 Å². The van der Waals surface area contributed by atoms with E-state index < -0.39 is 0 Å². The lowest BCUT2D eigenvalue weighted by Crippen LogP contribution is -2.16. The first kappa shape index (κ1) is 8.47. The van der Waals surface area contributed by atoms with Crippen molar-refractivity contribution in [3.63, 3.8) is 0 Å². The Labute approximate surface area is 56.7 Å². The Morgan fingerprint density at radius 1 is 1.44 bits per heavy atom. The summed E-state index contributed by atoms with van der Waals surface area (Å²) in [6.07, 6.45) is 0. The topological polar surface area (TPSA) is 33.1 Å². The molecule has 0 saturated heterocycles. The molecule has 0 amide bonds. The molecule has 9 heavy (non-hydrogen) atoms. The highest BCUT2D eigenvalue weighted by Crippen LogP contribution is 2.12. The van der Waals surface area contributed by atoms with Crippen LogP contribution < -0.4 is 0 Å². The van der Waals surface area contributed by atoms with Crippen LogP contribution in [-0.4, -0.2) is 12.5 Å². The molecule has 54 valence electrons. The van der Waals surface area contributed by atoms with Gasteiger partial charge in [0, 0.05) is 6.92 Å². The van der Waals surface area contributed by atoms with Crippen molar-refractivity contribution in [2.75, 3.05) is 6.61 Å². The second kappa shape index (κ2) is 2.85. The van der Waals surface area contributed by atoms with Crippen molar-refractivity contribution in [3.05, 3.63) is 0 Å². The van der Waals surface area contributed by atoms with Crippen LogP contribution in [-0.2, 0) is 4.74 Å². The van der Waals surface area contributed by atoms with Gasteiger partial charge in [0.1, 0.15) is 0 Å². The van der Waals surface area contributed by atoms with E-state index in [2.05, 4.69) is 20.8 Å². The van der Waals surface area contributed by atoms with E-state index in [1.54, 1.807) is 6.92 Å². The zero-order valence-corrected chi connectivity index (χ0v) is 6.62. The first-order valence-electron chi connectivity index (χ1n) is 3.10. The fourth-order valence-corrected chi connectivity index (χ4v) is 0.325. The average Bonchev–Trinajstić information content (AvgIpc) is 1.59. The SMILES string of the molecule is CC(=N)OCC(C)(C)C. The molecule has 0 bridgehead atoms. The lowest BCUT2D eigenvalue weighted by atomic mass is 9.99. The molecule has 0 heterocycles. The molecular weight excluding hydrogens is 114 g/mol. The summed E-state index contributed by atoms with van der Waals surface area (Å²) in [4.78, 5) is 0. The third-order valence-corrected chi connectivity index (χ3v) is 0.722. The average molecular weight is 129 g/mol. The van der Waals surface area contributed by atoms with Gasteiger partial charge in [-0.2, -0.15) is 0 Å². The molecule has 2 heteroatoms. The highest BCUT2D eigenvalue weighted by molar-refractivity contribution is 5.69. The van der Waals surface area contributed by atoms with Crippen LogP contribution in [0.25, 0.3) is 0 Å². The lowest BCUT2D eigenvalue weighted by molar-refractivity contribution is 0.184. The van der Waals surface area contributed by atoms with Gasteiger partial charge < -0.3 is 4.74 Å². The molecule has 2 nitrogen and oxygen atoms in total. The fraction of sp³-hybridized carbons (Fsp3) is 0.857. The smallest absolute Gasteiger partial charge is 0.177 e. The normalized spacial score (nSPS) is 11.1. The molecule has 0 unspecified atom stereocenters. The van der Waals surface area contributed by atoms with E-state index in [-0.39, 0.29) is 5.41 Å². The Kier molecular flexibility index (Phi) is 2.68. The number of hydrogen-bond acceptors (Lipinski definition) is 2. The first-order valence-corrected chi connectivity index (χ1v) is 3.10. The minimum absolute atomic E-state index is 0.169. The van der Waals surface area contributed by atoms with Gasteiger partial charge in [-0.25, -0.2) is 0 Å². The van der Waals surface area contributed by atoms with Crippen LogP contribution in [0.15, 0.2) is 0 Å². The summed E-state index contributed by atoms with van der Waals surface area (Å²) in [5.74, 6) is 0.296. The molecule has 0 aliphatic rings. The van der Waals surface area contributed by atoms with Crippen LogP contribution in [0.5, 0.6) is 0 Å². The molecule has 0 aromatic carbocycles. The van der Waals surface area contributed by atoms with Gasteiger partial charge in [-0.05, 0) is 5.41 Å². The maximum absolute atomic E-state index is 6.95. The van der Waals surface area contributed by atoms with Crippen molar-refractivity contribution in [1.29, 1.82) is 5.41 Å². The lowest BCUT2D eigenvalue weighted by Gasteiger charge is -2.17. The predicted octanol–water partition coefficient (Wildman–Crippen LogP) is 2.05. The Bertz CT molecular complexity index is 102. The molecule has 0 spiro atoms. The van der Waals surface area contributed by atoms with Crippen molar-refractivity contribution in [1.82, 2.24) is 0 Å². The maximum atomic E-state index is 6.95. The summed E-state index contributed by atoms with van der Waals surface area (Å²) >= 11 is 0. The van der Waals surface area contributed by atoms with E-state index in [0.717, 1.165) is 0 Å². The van der Waals surface area contributed by atoms with Crippen molar-refractivity contribution >= 4 is 5.90 Å². The Hall–Kier alpha value is -0.530. The summed E-state index contributed by atoms with van der Waals surface area (Å²) in [6.45, 7) is 8.51. The zero-order chi connectivity index (χ0) is 7.49. The molecule has 0 radical (unpaired) electrons. The monoisotopic (exact) mass is 129 g/mol. The minimum Gasteiger partial charge on any atom is -0.481 e. The number of nitrogens with one attached hydrogen (secondary N) is 1. The van der Waals surface area contributed by atoms with E-state index in [1.807, 2.05) is 0 Å². The maximum Gasteiger partial charge on any atom is 0.177 e. The van der Waals surface area contributed by atoms with Crippen molar-refractivity contribution in [3.8, 4) is 0 Å². The molecule has 0 atom stereocenters. The van der Waals surface area contributed by atoms with Gasteiger partial charge in [0.2, 0.25) is 0 Å². The Morgan fingerprint density at radius 2 is 1.89 bits per heavy atom. The quantitative estimate of drug-likeness (QED) is 0.426. The predicted molar refractivity (Wildman–Crippen MR) is 38.8 cm³/mol. The van der Waals surface area contributed by atoms with Crippen LogP contribution in [0.1, 0.15) is 27.7 Å². The van der Waals surface area contributed by atoms with Crippen LogP contribution in [0.3, 0.4) is 0 Å². The molecule has 0 aliphatic heterocycles. The first-order chi connectivity index (χ1) is 3.92. The molecule has 1 N–H and O–H groups in total. The number of hydrogen-bond donors (Lipinski definition) is 1. The Balaban J connectivity index is 3.39. The second-order valence-electron chi connectivity index (χ2n) is 3.41. The fourth-order valence-electron chi connectivity index (χ4n) is 0.325. The zero-order valence-electron chi connectivity index (χ0n) is 6.62. The van der Waals surface area contributed by atoms with E-state index in [0.29, 0.717) is 12.5 Å². The highest BCUT2D eigenvalue weighted by Gasteiger charge is 2.10. The molecule has 0 aromatic heterocycles. The molecule has 0 aliphatic carbocycles. The summed E-state index contributed by atoms with van der Waals surface area (Å²) in [7, 11) is 0. The Morgan fingerprint density at radius 3 is 2.00 bits per heavy atom. The van der Waals surface area contributed by atoms with E-state index >= 15 is 0 Å². The van der Waals surface area contributed by atoms with Gasteiger partial charge in [-0.15, -0.1) is 0 Å². The summed E-state index contributed by atoms with van der Waals surface area (Å²) < 4.78 is 4.99. The third kappa shape index (κ3) is 7.47.